The number of nitrogens with one attached hydrogen (secondary N) is 1. The number of ether oxygens (including phenoxy) is 1. The molecule has 0 aliphatic heterocycles. The first-order chi connectivity index (χ1) is 14.9. The standard InChI is InChI=1S/C25H20ClNO4/c1-15-21-14-19(27-23(28)12-16-6-8-18(26)9-7-16)10-11-22(21)31-25(15)24(29)17-4-3-5-20(13-17)30-2/h3-11,13-14H,12H2,1-2H3,(H,27,28). The van der Waals surface area contributed by atoms with E-state index in [2.05, 4.69) is 5.32 Å². The van der Waals surface area contributed by atoms with E-state index in [1.165, 1.54) is 0 Å². The van der Waals surface area contributed by atoms with Crippen LogP contribution in [-0.2, 0) is 11.2 Å². The molecule has 6 heteroatoms. The summed E-state index contributed by atoms with van der Waals surface area (Å²) < 4.78 is 11.0. The largest absolute Gasteiger partial charge is 0.497 e. The van der Waals surface area contributed by atoms with E-state index in [9.17, 15) is 9.59 Å². The van der Waals surface area contributed by atoms with Gasteiger partial charge in [-0.25, -0.2) is 0 Å². The van der Waals surface area contributed by atoms with Gasteiger partial charge in [0.25, 0.3) is 0 Å². The summed E-state index contributed by atoms with van der Waals surface area (Å²) in [5.41, 5.74) is 3.29. The zero-order chi connectivity index (χ0) is 22.0. The first-order valence-electron chi connectivity index (χ1n) is 9.71. The van der Waals surface area contributed by atoms with Crippen molar-refractivity contribution >= 4 is 39.9 Å². The first kappa shape index (κ1) is 20.7. The van der Waals surface area contributed by atoms with Gasteiger partial charge in [-0.05, 0) is 55.0 Å². The molecular formula is C25H20ClNO4. The number of furan rings is 1. The molecule has 4 aromatic rings. The molecule has 1 aromatic heterocycles. The van der Waals surface area contributed by atoms with Gasteiger partial charge in [-0.15, -0.1) is 0 Å². The zero-order valence-electron chi connectivity index (χ0n) is 17.1. The van der Waals surface area contributed by atoms with Gasteiger partial charge < -0.3 is 14.5 Å². The van der Waals surface area contributed by atoms with Crippen LogP contribution in [0.3, 0.4) is 0 Å². The van der Waals surface area contributed by atoms with Crippen LogP contribution in [0.5, 0.6) is 5.75 Å². The van der Waals surface area contributed by atoms with Gasteiger partial charge in [-0.2, -0.15) is 0 Å². The second kappa shape index (κ2) is 8.66. The van der Waals surface area contributed by atoms with Crippen LogP contribution in [-0.4, -0.2) is 18.8 Å². The summed E-state index contributed by atoms with van der Waals surface area (Å²) in [6.07, 6.45) is 0.235. The summed E-state index contributed by atoms with van der Waals surface area (Å²) in [4.78, 5) is 25.4. The molecule has 4 rings (SSSR count). The molecule has 5 nitrogen and oxygen atoms in total. The normalized spacial score (nSPS) is 10.8. The predicted octanol–water partition coefficient (Wildman–Crippen LogP) is 5.82. The molecule has 0 radical (unpaired) electrons. The summed E-state index contributed by atoms with van der Waals surface area (Å²) in [6.45, 7) is 1.83. The highest BCUT2D eigenvalue weighted by molar-refractivity contribution is 6.30. The Morgan fingerprint density at radius 1 is 1.03 bits per heavy atom. The summed E-state index contributed by atoms with van der Waals surface area (Å²) in [7, 11) is 1.55. The van der Waals surface area contributed by atoms with Crippen molar-refractivity contribution in [2.24, 2.45) is 0 Å². The summed E-state index contributed by atoms with van der Waals surface area (Å²) in [6, 6.07) is 19.4. The Hall–Kier alpha value is -3.57. The van der Waals surface area contributed by atoms with Gasteiger partial charge in [0.15, 0.2) is 5.76 Å². The van der Waals surface area contributed by atoms with Crippen molar-refractivity contribution in [2.75, 3.05) is 12.4 Å². The van der Waals surface area contributed by atoms with E-state index in [0.29, 0.717) is 27.6 Å². The third-order valence-electron chi connectivity index (χ3n) is 5.04. The van der Waals surface area contributed by atoms with Crippen LogP contribution in [0.2, 0.25) is 5.02 Å². The number of ketones is 1. The number of benzene rings is 3. The molecule has 0 bridgehead atoms. The summed E-state index contributed by atoms with van der Waals surface area (Å²) in [5.74, 6) is 0.509. The maximum Gasteiger partial charge on any atom is 0.228 e. The zero-order valence-corrected chi connectivity index (χ0v) is 17.8. The van der Waals surface area contributed by atoms with E-state index in [1.807, 2.05) is 25.1 Å². The van der Waals surface area contributed by atoms with Gasteiger partial charge in [0.2, 0.25) is 11.7 Å². The number of rotatable bonds is 6. The van der Waals surface area contributed by atoms with Crippen molar-refractivity contribution < 1.29 is 18.7 Å². The maximum absolute atomic E-state index is 13.0. The smallest absolute Gasteiger partial charge is 0.228 e. The van der Waals surface area contributed by atoms with E-state index in [0.717, 1.165) is 16.5 Å². The Kier molecular flexibility index (Phi) is 5.78. The van der Waals surface area contributed by atoms with E-state index >= 15 is 0 Å². The molecule has 1 heterocycles. The highest BCUT2D eigenvalue weighted by Crippen LogP contribution is 2.30. The number of carbonyl (C=O) groups excluding carboxylic acids is 2. The van der Waals surface area contributed by atoms with E-state index in [-0.39, 0.29) is 23.9 Å². The summed E-state index contributed by atoms with van der Waals surface area (Å²) in [5, 5.41) is 4.30. The molecule has 0 unspecified atom stereocenters. The van der Waals surface area contributed by atoms with Crippen molar-refractivity contribution in [3.63, 3.8) is 0 Å². The highest BCUT2D eigenvalue weighted by Gasteiger charge is 2.20. The lowest BCUT2D eigenvalue weighted by Crippen LogP contribution is -2.14. The average molecular weight is 434 g/mol. The molecule has 0 saturated heterocycles. The van der Waals surface area contributed by atoms with Gasteiger partial charge in [0.1, 0.15) is 11.3 Å². The first-order valence-corrected chi connectivity index (χ1v) is 10.1. The van der Waals surface area contributed by atoms with Crippen LogP contribution in [0.15, 0.2) is 71.1 Å². The Morgan fingerprint density at radius 2 is 1.81 bits per heavy atom. The van der Waals surface area contributed by atoms with Crippen molar-refractivity contribution in [3.05, 3.63) is 94.2 Å². The second-order valence-electron chi connectivity index (χ2n) is 7.18. The number of methoxy groups -OCH3 is 1. The van der Waals surface area contributed by atoms with Crippen molar-refractivity contribution in [2.45, 2.75) is 13.3 Å². The Labute approximate surface area is 184 Å². The molecule has 31 heavy (non-hydrogen) atoms. The lowest BCUT2D eigenvalue weighted by Gasteiger charge is -2.06. The average Bonchev–Trinajstić information content (AvgIpc) is 3.11. The number of hydrogen-bond acceptors (Lipinski definition) is 4. The van der Waals surface area contributed by atoms with Crippen molar-refractivity contribution in [1.82, 2.24) is 0 Å². The minimum atomic E-state index is -0.221. The number of carbonyl (C=O) groups is 2. The lowest BCUT2D eigenvalue weighted by atomic mass is 10.0. The van der Waals surface area contributed by atoms with Crippen molar-refractivity contribution in [1.29, 1.82) is 0 Å². The Bertz CT molecular complexity index is 1270. The molecule has 0 fully saturated rings. The molecule has 0 atom stereocenters. The van der Waals surface area contributed by atoms with Gasteiger partial charge in [0.05, 0.1) is 13.5 Å². The molecular weight excluding hydrogens is 414 g/mol. The fourth-order valence-corrected chi connectivity index (χ4v) is 3.53. The van der Waals surface area contributed by atoms with E-state index in [4.69, 9.17) is 20.8 Å². The van der Waals surface area contributed by atoms with Crippen LogP contribution >= 0.6 is 11.6 Å². The molecule has 3 aromatic carbocycles. The molecule has 156 valence electrons. The van der Waals surface area contributed by atoms with Gasteiger partial charge in [-0.3, -0.25) is 9.59 Å². The third-order valence-corrected chi connectivity index (χ3v) is 5.29. The van der Waals surface area contributed by atoms with Crippen LogP contribution in [0.25, 0.3) is 11.0 Å². The number of hydrogen-bond donors (Lipinski definition) is 1. The number of halogens is 1. The number of aryl methyl sites for hydroxylation is 1. The highest BCUT2D eigenvalue weighted by atomic mass is 35.5. The molecule has 1 amide bonds. The number of fused-ring (bicyclic) bond motifs is 1. The van der Waals surface area contributed by atoms with E-state index < -0.39 is 0 Å². The second-order valence-corrected chi connectivity index (χ2v) is 7.62. The number of amides is 1. The topological polar surface area (TPSA) is 68.5 Å². The minimum Gasteiger partial charge on any atom is -0.497 e. The molecule has 0 aliphatic rings. The molecule has 0 aliphatic carbocycles. The SMILES string of the molecule is COc1cccc(C(=O)c2oc3ccc(NC(=O)Cc4ccc(Cl)cc4)cc3c2C)c1. The van der Waals surface area contributed by atoms with E-state index in [1.54, 1.807) is 55.6 Å². The van der Waals surface area contributed by atoms with Gasteiger partial charge >= 0.3 is 0 Å². The van der Waals surface area contributed by atoms with Gasteiger partial charge in [-0.1, -0.05) is 35.9 Å². The van der Waals surface area contributed by atoms with Crippen molar-refractivity contribution in [3.8, 4) is 5.75 Å². The van der Waals surface area contributed by atoms with Crippen LogP contribution < -0.4 is 10.1 Å². The quantitative estimate of drug-likeness (QED) is 0.389. The summed E-state index contributed by atoms with van der Waals surface area (Å²) >= 11 is 5.89. The van der Waals surface area contributed by atoms with Gasteiger partial charge in [0, 0.05) is 27.2 Å². The van der Waals surface area contributed by atoms with Crippen LogP contribution in [0, 0.1) is 6.92 Å². The molecule has 0 saturated carbocycles. The van der Waals surface area contributed by atoms with Crippen LogP contribution in [0.4, 0.5) is 5.69 Å². The minimum absolute atomic E-state index is 0.143. The number of anilines is 1. The molecule has 1 N–H and O–H groups in total. The Balaban J connectivity index is 1.56. The monoisotopic (exact) mass is 433 g/mol. The predicted molar refractivity (Wildman–Crippen MR) is 121 cm³/mol. The Morgan fingerprint density at radius 3 is 2.55 bits per heavy atom. The molecule has 0 spiro atoms. The maximum atomic E-state index is 13.0. The fraction of sp³-hybridized carbons (Fsp3) is 0.120. The fourth-order valence-electron chi connectivity index (χ4n) is 3.40. The van der Waals surface area contributed by atoms with Crippen LogP contribution in [0.1, 0.15) is 27.2 Å². The lowest BCUT2D eigenvalue weighted by molar-refractivity contribution is -0.115. The third kappa shape index (κ3) is 4.47.